The molecule has 1 atom stereocenters. The number of ether oxygens (including phenoxy) is 1. The van der Waals surface area contributed by atoms with Gasteiger partial charge in [-0.3, -0.25) is 0 Å². The topological polar surface area (TPSA) is 75.8 Å². The molecule has 0 spiro atoms. The third-order valence-electron chi connectivity index (χ3n) is 4.69. The normalized spacial score (nSPS) is 15.6. The summed E-state index contributed by atoms with van der Waals surface area (Å²) in [4.78, 5) is 13.8. The molecule has 5 nitrogen and oxygen atoms in total. The van der Waals surface area contributed by atoms with Gasteiger partial charge >= 0.3 is 6.09 Å². The number of likely N-dealkylation sites (tertiary alicyclic amines) is 1. The molecule has 1 saturated heterocycles. The van der Waals surface area contributed by atoms with Crippen LogP contribution in [0, 0.1) is 0 Å². The first-order valence-corrected chi connectivity index (χ1v) is 8.55. The van der Waals surface area contributed by atoms with Gasteiger partial charge in [0.25, 0.3) is 0 Å². The summed E-state index contributed by atoms with van der Waals surface area (Å²) in [5.41, 5.74) is 9.84. The SMILES string of the molecule is CC(O)c1cccc(C2CN(C(=O)OCc3ccccc3)C2)c1CN. The van der Waals surface area contributed by atoms with E-state index in [4.69, 9.17) is 10.5 Å². The molecule has 5 heteroatoms. The van der Waals surface area contributed by atoms with Crippen molar-refractivity contribution in [3.05, 3.63) is 70.8 Å². The van der Waals surface area contributed by atoms with Gasteiger partial charge in [-0.25, -0.2) is 4.79 Å². The Hall–Kier alpha value is -2.37. The third-order valence-corrected chi connectivity index (χ3v) is 4.69. The minimum absolute atomic E-state index is 0.238. The van der Waals surface area contributed by atoms with E-state index < -0.39 is 6.10 Å². The van der Waals surface area contributed by atoms with Gasteiger partial charge in [-0.15, -0.1) is 0 Å². The summed E-state index contributed by atoms with van der Waals surface area (Å²) >= 11 is 0. The lowest BCUT2D eigenvalue weighted by atomic mass is 9.85. The Kier molecular flexibility index (Phi) is 5.36. The van der Waals surface area contributed by atoms with Crippen LogP contribution in [-0.4, -0.2) is 29.2 Å². The van der Waals surface area contributed by atoms with Crippen LogP contribution < -0.4 is 5.73 Å². The van der Waals surface area contributed by atoms with Gasteiger partial charge in [-0.1, -0.05) is 48.5 Å². The number of carbonyl (C=O) groups excluding carboxylic acids is 1. The number of carbonyl (C=O) groups is 1. The number of rotatable bonds is 5. The number of nitrogens with two attached hydrogens (primary N) is 1. The molecule has 1 amide bonds. The number of nitrogens with zero attached hydrogens (tertiary/aromatic N) is 1. The van der Waals surface area contributed by atoms with Gasteiger partial charge < -0.3 is 20.5 Å². The van der Waals surface area contributed by atoms with E-state index in [2.05, 4.69) is 0 Å². The zero-order valence-electron chi connectivity index (χ0n) is 14.4. The van der Waals surface area contributed by atoms with Gasteiger partial charge in [-0.05, 0) is 29.2 Å². The van der Waals surface area contributed by atoms with Crippen molar-refractivity contribution in [2.24, 2.45) is 5.73 Å². The van der Waals surface area contributed by atoms with Gasteiger partial charge in [0, 0.05) is 25.6 Å². The zero-order valence-corrected chi connectivity index (χ0v) is 14.4. The largest absolute Gasteiger partial charge is 0.445 e. The van der Waals surface area contributed by atoms with Gasteiger partial charge in [0.15, 0.2) is 0 Å². The van der Waals surface area contributed by atoms with Crippen LogP contribution in [0.2, 0.25) is 0 Å². The second kappa shape index (κ2) is 7.68. The standard InChI is InChI=1S/C20H24N2O3/c1-14(23)17-8-5-9-18(19(17)10-21)16-11-22(12-16)20(24)25-13-15-6-3-2-4-7-15/h2-9,14,16,23H,10-13,21H2,1H3. The highest BCUT2D eigenvalue weighted by atomic mass is 16.6. The number of hydrogen-bond donors (Lipinski definition) is 2. The van der Waals surface area contributed by atoms with Crippen molar-refractivity contribution in [2.45, 2.75) is 32.1 Å². The molecule has 0 aromatic heterocycles. The molecule has 1 heterocycles. The van der Waals surface area contributed by atoms with Crippen molar-refractivity contribution in [1.82, 2.24) is 4.90 Å². The lowest BCUT2D eigenvalue weighted by Crippen LogP contribution is -2.49. The van der Waals surface area contributed by atoms with Crippen LogP contribution in [0.4, 0.5) is 4.79 Å². The van der Waals surface area contributed by atoms with Crippen LogP contribution >= 0.6 is 0 Å². The quantitative estimate of drug-likeness (QED) is 0.877. The Morgan fingerprint density at radius 2 is 1.96 bits per heavy atom. The summed E-state index contributed by atoms with van der Waals surface area (Å²) in [6.07, 6.45) is -0.841. The molecule has 132 valence electrons. The summed E-state index contributed by atoms with van der Waals surface area (Å²) in [5.74, 6) is 0.238. The van der Waals surface area contributed by atoms with E-state index in [1.165, 1.54) is 0 Å². The van der Waals surface area contributed by atoms with E-state index in [1.807, 2.05) is 48.5 Å². The number of hydrogen-bond acceptors (Lipinski definition) is 4. The fourth-order valence-electron chi connectivity index (χ4n) is 3.27. The Labute approximate surface area is 148 Å². The van der Waals surface area contributed by atoms with Crippen molar-refractivity contribution < 1.29 is 14.6 Å². The summed E-state index contributed by atoms with van der Waals surface area (Å²) in [7, 11) is 0. The number of aliphatic hydroxyl groups excluding tert-OH is 1. The Bertz CT molecular complexity index is 725. The highest BCUT2D eigenvalue weighted by molar-refractivity contribution is 5.69. The minimum atomic E-state index is -0.550. The molecule has 0 radical (unpaired) electrons. The Balaban J connectivity index is 1.59. The van der Waals surface area contributed by atoms with Gasteiger partial charge in [0.2, 0.25) is 0 Å². The predicted octanol–water partition coefficient (Wildman–Crippen LogP) is 2.93. The Morgan fingerprint density at radius 3 is 2.60 bits per heavy atom. The zero-order chi connectivity index (χ0) is 17.8. The van der Waals surface area contributed by atoms with Crippen LogP contribution in [-0.2, 0) is 17.9 Å². The summed E-state index contributed by atoms with van der Waals surface area (Å²) < 4.78 is 5.36. The van der Waals surface area contributed by atoms with Crippen LogP contribution in [0.25, 0.3) is 0 Å². The average Bonchev–Trinajstić information content (AvgIpc) is 2.59. The first-order chi connectivity index (χ1) is 12.1. The highest BCUT2D eigenvalue weighted by Crippen LogP contribution is 2.33. The second-order valence-electron chi connectivity index (χ2n) is 6.44. The minimum Gasteiger partial charge on any atom is -0.445 e. The molecule has 1 aliphatic heterocycles. The molecular weight excluding hydrogens is 316 g/mol. The third kappa shape index (κ3) is 3.83. The molecule has 3 rings (SSSR count). The monoisotopic (exact) mass is 340 g/mol. The number of benzene rings is 2. The smallest absolute Gasteiger partial charge is 0.410 e. The summed E-state index contributed by atoms with van der Waals surface area (Å²) in [6, 6.07) is 15.5. The van der Waals surface area contributed by atoms with Crippen molar-refractivity contribution >= 4 is 6.09 Å². The van der Waals surface area contributed by atoms with E-state index in [0.717, 1.165) is 22.3 Å². The van der Waals surface area contributed by atoms with Crippen LogP contribution in [0.15, 0.2) is 48.5 Å². The molecular formula is C20H24N2O3. The fraction of sp³-hybridized carbons (Fsp3) is 0.350. The van der Waals surface area contributed by atoms with Gasteiger partial charge in [0.05, 0.1) is 6.10 Å². The second-order valence-corrected chi connectivity index (χ2v) is 6.44. The molecule has 0 aliphatic carbocycles. The molecule has 1 fully saturated rings. The molecule has 25 heavy (non-hydrogen) atoms. The molecule has 2 aromatic rings. The lowest BCUT2D eigenvalue weighted by Gasteiger charge is -2.39. The van der Waals surface area contributed by atoms with Crippen LogP contribution in [0.3, 0.4) is 0 Å². The van der Waals surface area contributed by atoms with E-state index in [9.17, 15) is 9.90 Å². The lowest BCUT2D eigenvalue weighted by molar-refractivity contribution is 0.0662. The van der Waals surface area contributed by atoms with Crippen LogP contribution in [0.1, 0.15) is 41.2 Å². The molecule has 1 unspecified atom stereocenters. The van der Waals surface area contributed by atoms with Gasteiger partial charge in [0.1, 0.15) is 6.61 Å². The summed E-state index contributed by atoms with van der Waals surface area (Å²) in [6.45, 7) is 3.64. The van der Waals surface area contributed by atoms with Crippen molar-refractivity contribution in [2.75, 3.05) is 13.1 Å². The van der Waals surface area contributed by atoms with Crippen LogP contribution in [0.5, 0.6) is 0 Å². The molecule has 1 aliphatic rings. The number of aliphatic hydroxyl groups is 1. The maximum atomic E-state index is 12.1. The van der Waals surface area contributed by atoms with Crippen molar-refractivity contribution in [3.8, 4) is 0 Å². The van der Waals surface area contributed by atoms with Crippen molar-refractivity contribution in [1.29, 1.82) is 0 Å². The first kappa shape index (κ1) is 17.5. The molecule has 3 N–H and O–H groups in total. The van der Waals surface area contributed by atoms with E-state index in [1.54, 1.807) is 11.8 Å². The fourth-order valence-corrected chi connectivity index (χ4v) is 3.27. The molecule has 0 bridgehead atoms. The maximum absolute atomic E-state index is 12.1. The maximum Gasteiger partial charge on any atom is 0.410 e. The highest BCUT2D eigenvalue weighted by Gasteiger charge is 2.34. The Morgan fingerprint density at radius 1 is 1.24 bits per heavy atom. The molecule has 0 saturated carbocycles. The molecule has 2 aromatic carbocycles. The summed E-state index contributed by atoms with van der Waals surface area (Å²) in [5, 5.41) is 9.91. The van der Waals surface area contributed by atoms with Crippen molar-refractivity contribution in [3.63, 3.8) is 0 Å². The van der Waals surface area contributed by atoms with E-state index >= 15 is 0 Å². The van der Waals surface area contributed by atoms with E-state index in [-0.39, 0.29) is 18.6 Å². The number of amides is 1. The average molecular weight is 340 g/mol. The first-order valence-electron chi connectivity index (χ1n) is 8.55. The van der Waals surface area contributed by atoms with Gasteiger partial charge in [-0.2, -0.15) is 0 Å². The predicted molar refractivity (Wildman–Crippen MR) is 95.9 cm³/mol. The van der Waals surface area contributed by atoms with E-state index in [0.29, 0.717) is 19.6 Å².